The lowest BCUT2D eigenvalue weighted by Gasteiger charge is -2.28. The van der Waals surface area contributed by atoms with Crippen LogP contribution in [0.15, 0.2) is 42.5 Å². The average molecular weight is 361 g/mol. The van der Waals surface area contributed by atoms with Crippen LogP contribution < -0.4 is 0 Å². The van der Waals surface area contributed by atoms with Gasteiger partial charge in [0.15, 0.2) is 0 Å². The van der Waals surface area contributed by atoms with E-state index in [0.29, 0.717) is 17.5 Å². The molecule has 0 heterocycles. The lowest BCUT2D eigenvalue weighted by atomic mass is 9.95. The van der Waals surface area contributed by atoms with Gasteiger partial charge in [-0.15, -0.1) is 0 Å². The van der Waals surface area contributed by atoms with Crippen LogP contribution in [0, 0.1) is 5.41 Å². The summed E-state index contributed by atoms with van der Waals surface area (Å²) < 4.78 is 90.5. The minimum atomic E-state index is -6.46. The molecule has 1 nitrogen and oxygen atoms in total. The number of halogens is 7. The topological polar surface area (TPSA) is 23.9 Å². The van der Waals surface area contributed by atoms with E-state index >= 15 is 0 Å². The van der Waals surface area contributed by atoms with Crippen LogP contribution in [0.1, 0.15) is 16.7 Å². The molecular formula is C17H10F7N. The fourth-order valence-corrected chi connectivity index (χ4v) is 2.82. The van der Waals surface area contributed by atoms with Gasteiger partial charge in [-0.3, -0.25) is 5.41 Å². The molecule has 3 rings (SSSR count). The van der Waals surface area contributed by atoms with Crippen LogP contribution in [0.4, 0.5) is 30.7 Å². The first-order valence-corrected chi connectivity index (χ1v) is 7.10. The summed E-state index contributed by atoms with van der Waals surface area (Å²) >= 11 is 0. The number of rotatable bonds is 3. The molecule has 0 unspecified atom stereocenters. The fraction of sp³-hybridized carbons (Fsp3) is 0.235. The van der Waals surface area contributed by atoms with Crippen molar-refractivity contribution in [2.75, 3.05) is 0 Å². The molecule has 0 amide bonds. The van der Waals surface area contributed by atoms with Gasteiger partial charge in [0.1, 0.15) is 5.71 Å². The molecule has 1 N–H and O–H groups in total. The molecule has 0 bridgehead atoms. The molecule has 0 atom stereocenters. The van der Waals surface area contributed by atoms with Gasteiger partial charge in [0.25, 0.3) is 0 Å². The highest BCUT2D eigenvalue weighted by Gasteiger charge is 2.74. The Morgan fingerprint density at radius 2 is 1.40 bits per heavy atom. The Labute approximate surface area is 137 Å². The Hall–Kier alpha value is -2.38. The quantitative estimate of drug-likeness (QED) is 0.473. The summed E-state index contributed by atoms with van der Waals surface area (Å²) in [4.78, 5) is 0. The Morgan fingerprint density at radius 1 is 0.800 bits per heavy atom. The smallest absolute Gasteiger partial charge is 0.298 e. The van der Waals surface area contributed by atoms with Crippen molar-refractivity contribution in [3.05, 3.63) is 59.2 Å². The molecule has 25 heavy (non-hydrogen) atoms. The van der Waals surface area contributed by atoms with E-state index in [4.69, 9.17) is 5.41 Å². The van der Waals surface area contributed by atoms with E-state index in [1.165, 1.54) is 6.07 Å². The maximum Gasteiger partial charge on any atom is 0.460 e. The highest BCUT2D eigenvalue weighted by Crippen LogP contribution is 2.48. The van der Waals surface area contributed by atoms with Crippen LogP contribution in [0.25, 0.3) is 11.1 Å². The molecule has 132 valence electrons. The first kappa shape index (κ1) is 17.4. The van der Waals surface area contributed by atoms with Crippen LogP contribution >= 0.6 is 0 Å². The SMILES string of the molecule is N=C(c1ccc2c(c1)Cc1ccccc1-2)C(F)(F)C(F)(F)C(F)(F)F. The van der Waals surface area contributed by atoms with Crippen molar-refractivity contribution in [3.8, 4) is 11.1 Å². The molecule has 0 fully saturated rings. The molecule has 1 aliphatic rings. The highest BCUT2D eigenvalue weighted by atomic mass is 19.4. The molecular weight excluding hydrogens is 351 g/mol. The molecule has 2 aromatic rings. The molecule has 0 saturated carbocycles. The van der Waals surface area contributed by atoms with Crippen molar-refractivity contribution < 1.29 is 30.7 Å². The zero-order valence-corrected chi connectivity index (χ0v) is 12.4. The predicted octanol–water partition coefficient (Wildman–Crippen LogP) is 5.46. The largest absolute Gasteiger partial charge is 0.460 e. The van der Waals surface area contributed by atoms with E-state index in [1.54, 1.807) is 24.3 Å². The monoisotopic (exact) mass is 361 g/mol. The van der Waals surface area contributed by atoms with Crippen molar-refractivity contribution in [1.82, 2.24) is 0 Å². The van der Waals surface area contributed by atoms with Gasteiger partial charge in [0, 0.05) is 5.56 Å². The Balaban J connectivity index is 1.99. The highest BCUT2D eigenvalue weighted by molar-refractivity contribution is 6.05. The van der Waals surface area contributed by atoms with Gasteiger partial charge in [-0.25, -0.2) is 0 Å². The fourth-order valence-electron chi connectivity index (χ4n) is 2.82. The summed E-state index contributed by atoms with van der Waals surface area (Å²) in [5.74, 6) is -12.0. The summed E-state index contributed by atoms with van der Waals surface area (Å²) in [5.41, 5.74) is 0.165. The molecule has 0 aliphatic heterocycles. The second kappa shape index (κ2) is 5.31. The summed E-state index contributed by atoms with van der Waals surface area (Å²) in [6.07, 6.45) is -6.14. The van der Waals surface area contributed by atoms with Gasteiger partial charge < -0.3 is 0 Å². The maximum absolute atomic E-state index is 13.7. The van der Waals surface area contributed by atoms with E-state index in [-0.39, 0.29) is 0 Å². The van der Waals surface area contributed by atoms with Gasteiger partial charge in [0.05, 0.1) is 0 Å². The number of alkyl halides is 7. The number of hydrogen-bond donors (Lipinski definition) is 1. The van der Waals surface area contributed by atoms with Crippen LogP contribution in [0.3, 0.4) is 0 Å². The van der Waals surface area contributed by atoms with Crippen molar-refractivity contribution in [1.29, 1.82) is 5.41 Å². The molecule has 0 spiro atoms. The van der Waals surface area contributed by atoms with Crippen molar-refractivity contribution in [3.63, 3.8) is 0 Å². The molecule has 2 aromatic carbocycles. The third-order valence-electron chi connectivity index (χ3n) is 4.15. The van der Waals surface area contributed by atoms with Crippen molar-refractivity contribution in [2.45, 2.75) is 24.4 Å². The first-order chi connectivity index (χ1) is 11.5. The van der Waals surface area contributed by atoms with Crippen LogP contribution in [0.2, 0.25) is 0 Å². The van der Waals surface area contributed by atoms with E-state index in [0.717, 1.165) is 23.3 Å². The molecule has 1 aliphatic carbocycles. The number of benzene rings is 2. The molecule has 0 aromatic heterocycles. The van der Waals surface area contributed by atoms with Crippen LogP contribution in [-0.4, -0.2) is 23.7 Å². The molecule has 8 heteroatoms. The average Bonchev–Trinajstić information content (AvgIpc) is 2.90. The third-order valence-corrected chi connectivity index (χ3v) is 4.15. The van der Waals surface area contributed by atoms with E-state index in [1.807, 2.05) is 0 Å². The van der Waals surface area contributed by atoms with E-state index < -0.39 is 29.3 Å². The Bertz CT molecular complexity index is 852. The molecule has 0 radical (unpaired) electrons. The van der Waals surface area contributed by atoms with E-state index in [9.17, 15) is 30.7 Å². The standard InChI is InChI=1S/C17H10F7N/c18-15(19,16(20,21)17(22,23)24)14(25)10-5-6-13-11(8-10)7-9-3-1-2-4-12(9)13/h1-6,8,25H,7H2. The van der Waals surface area contributed by atoms with Gasteiger partial charge >= 0.3 is 18.0 Å². The third kappa shape index (κ3) is 2.51. The minimum absolute atomic E-state index is 0.327. The lowest BCUT2D eigenvalue weighted by molar-refractivity contribution is -0.336. The number of hydrogen-bond acceptors (Lipinski definition) is 1. The summed E-state index contributed by atoms with van der Waals surface area (Å²) in [7, 11) is 0. The number of nitrogens with one attached hydrogen (secondary N) is 1. The normalized spacial score (nSPS) is 14.2. The summed E-state index contributed by atoms with van der Waals surface area (Å²) in [6.45, 7) is 0. The van der Waals surface area contributed by atoms with Gasteiger partial charge in [0.2, 0.25) is 0 Å². The second-order valence-electron chi connectivity index (χ2n) is 5.73. The first-order valence-electron chi connectivity index (χ1n) is 7.10. The van der Waals surface area contributed by atoms with Gasteiger partial charge in [-0.2, -0.15) is 30.7 Å². The number of fused-ring (bicyclic) bond motifs is 3. The van der Waals surface area contributed by atoms with Crippen molar-refractivity contribution >= 4 is 5.71 Å². The van der Waals surface area contributed by atoms with Crippen LogP contribution in [-0.2, 0) is 6.42 Å². The predicted molar refractivity (Wildman–Crippen MR) is 77.5 cm³/mol. The summed E-state index contributed by atoms with van der Waals surface area (Å²) in [5, 5.41) is 7.26. The van der Waals surface area contributed by atoms with Crippen LogP contribution in [0.5, 0.6) is 0 Å². The Morgan fingerprint density at radius 3 is 2.04 bits per heavy atom. The Kier molecular flexibility index (Phi) is 3.70. The van der Waals surface area contributed by atoms with Gasteiger partial charge in [-0.05, 0) is 34.7 Å². The lowest BCUT2D eigenvalue weighted by Crippen LogP contribution is -2.56. The zero-order chi connectivity index (χ0) is 18.6. The van der Waals surface area contributed by atoms with Crippen molar-refractivity contribution in [2.24, 2.45) is 0 Å². The van der Waals surface area contributed by atoms with Gasteiger partial charge in [-0.1, -0.05) is 36.4 Å². The maximum atomic E-state index is 13.7. The summed E-state index contributed by atoms with van der Waals surface area (Å²) in [6, 6.07) is 10.5. The zero-order valence-electron chi connectivity index (χ0n) is 12.4. The second-order valence-corrected chi connectivity index (χ2v) is 5.73. The minimum Gasteiger partial charge on any atom is -0.298 e. The molecule has 0 saturated heterocycles. The van der Waals surface area contributed by atoms with E-state index in [2.05, 4.69) is 0 Å².